The first-order valence-electron chi connectivity index (χ1n) is 8.82. The van der Waals surface area contributed by atoms with E-state index in [-0.39, 0.29) is 32.4 Å². The van der Waals surface area contributed by atoms with Crippen LogP contribution in [0.1, 0.15) is 36.9 Å². The van der Waals surface area contributed by atoms with E-state index in [1.165, 1.54) is 18.2 Å². The van der Waals surface area contributed by atoms with Crippen LogP contribution in [0.4, 0.5) is 15.9 Å². The average molecular weight is 452 g/mol. The summed E-state index contributed by atoms with van der Waals surface area (Å²) in [6.45, 7) is 5.83. The van der Waals surface area contributed by atoms with Gasteiger partial charge in [-0.3, -0.25) is 9.52 Å². The number of halogens is 2. The van der Waals surface area contributed by atoms with Crippen molar-refractivity contribution in [2.45, 2.75) is 31.1 Å². The lowest BCUT2D eigenvalue weighted by Gasteiger charge is -2.12. The summed E-state index contributed by atoms with van der Waals surface area (Å²) in [4.78, 5) is 12.4. The molecule has 2 aromatic carbocycles. The first-order chi connectivity index (χ1) is 14.0. The monoisotopic (exact) mass is 451 g/mol. The van der Waals surface area contributed by atoms with Crippen molar-refractivity contribution in [3.05, 3.63) is 70.7 Å². The Morgan fingerprint density at radius 3 is 2.37 bits per heavy atom. The zero-order valence-corrected chi connectivity index (χ0v) is 17.9. The molecule has 0 saturated carbocycles. The van der Waals surface area contributed by atoms with Gasteiger partial charge in [-0.05, 0) is 42.5 Å². The molecule has 3 rings (SSSR count). The van der Waals surface area contributed by atoms with Crippen LogP contribution in [0.2, 0.25) is 5.02 Å². The van der Waals surface area contributed by atoms with Crippen LogP contribution in [-0.4, -0.2) is 19.5 Å². The van der Waals surface area contributed by atoms with Gasteiger partial charge in [0.1, 0.15) is 11.6 Å². The number of rotatable bonds is 5. The maximum absolute atomic E-state index is 13.1. The Bertz CT molecular complexity index is 1190. The average Bonchev–Trinajstić information content (AvgIpc) is 3.12. The number of benzene rings is 2. The molecule has 1 aromatic heterocycles. The van der Waals surface area contributed by atoms with Gasteiger partial charge in [0.2, 0.25) is 0 Å². The standard InChI is InChI=1S/C20H19ClFN3O4S/c1-20(2,3)17-11-18(24-29-17)23-19(26)12-4-9-15(21)16(10-12)25-30(27,28)14-7-5-13(22)6-8-14/h4-11,25H,1-3H3,(H,23,24,26). The van der Waals surface area contributed by atoms with Crippen LogP contribution >= 0.6 is 11.6 Å². The Morgan fingerprint density at radius 2 is 1.77 bits per heavy atom. The Balaban J connectivity index is 1.81. The molecule has 0 aliphatic carbocycles. The maximum atomic E-state index is 13.1. The van der Waals surface area contributed by atoms with Crippen molar-refractivity contribution >= 4 is 39.0 Å². The fourth-order valence-electron chi connectivity index (χ4n) is 2.44. The predicted molar refractivity (Wildman–Crippen MR) is 112 cm³/mol. The van der Waals surface area contributed by atoms with E-state index in [1.807, 2.05) is 20.8 Å². The minimum atomic E-state index is -4.03. The molecule has 0 aliphatic heterocycles. The van der Waals surface area contributed by atoms with Crippen LogP contribution in [0.5, 0.6) is 0 Å². The van der Waals surface area contributed by atoms with E-state index in [1.54, 1.807) is 6.07 Å². The van der Waals surface area contributed by atoms with E-state index in [9.17, 15) is 17.6 Å². The van der Waals surface area contributed by atoms with Crippen molar-refractivity contribution in [1.82, 2.24) is 5.16 Å². The molecule has 158 valence electrons. The second-order valence-corrected chi connectivity index (χ2v) is 9.62. The molecule has 0 saturated heterocycles. The fraction of sp³-hybridized carbons (Fsp3) is 0.200. The minimum absolute atomic E-state index is 0.00387. The Morgan fingerprint density at radius 1 is 1.10 bits per heavy atom. The van der Waals surface area contributed by atoms with E-state index in [0.717, 1.165) is 24.3 Å². The summed E-state index contributed by atoms with van der Waals surface area (Å²) in [7, 11) is -4.03. The fourth-order valence-corrected chi connectivity index (χ4v) is 3.73. The van der Waals surface area contributed by atoms with Gasteiger partial charge in [0.05, 0.1) is 15.6 Å². The summed E-state index contributed by atoms with van der Waals surface area (Å²) < 4.78 is 45.6. The highest BCUT2D eigenvalue weighted by atomic mass is 35.5. The summed E-state index contributed by atoms with van der Waals surface area (Å²) in [6.07, 6.45) is 0. The number of hydrogen-bond acceptors (Lipinski definition) is 5. The lowest BCUT2D eigenvalue weighted by Crippen LogP contribution is -2.16. The van der Waals surface area contributed by atoms with Crippen molar-refractivity contribution < 1.29 is 22.1 Å². The quantitative estimate of drug-likeness (QED) is 0.579. The minimum Gasteiger partial charge on any atom is -0.359 e. The summed E-state index contributed by atoms with van der Waals surface area (Å²) in [5, 5.41) is 6.50. The van der Waals surface area contributed by atoms with Gasteiger partial charge in [0.15, 0.2) is 5.82 Å². The van der Waals surface area contributed by atoms with Crippen molar-refractivity contribution in [2.24, 2.45) is 0 Å². The maximum Gasteiger partial charge on any atom is 0.261 e. The van der Waals surface area contributed by atoms with E-state index >= 15 is 0 Å². The lowest BCUT2D eigenvalue weighted by molar-refractivity contribution is 0.102. The summed E-state index contributed by atoms with van der Waals surface area (Å²) in [5.41, 5.74) is -0.122. The van der Waals surface area contributed by atoms with Gasteiger partial charge in [-0.25, -0.2) is 12.8 Å². The second-order valence-electron chi connectivity index (χ2n) is 7.53. The van der Waals surface area contributed by atoms with E-state index in [4.69, 9.17) is 16.1 Å². The van der Waals surface area contributed by atoms with Gasteiger partial charge in [-0.2, -0.15) is 0 Å². The molecule has 30 heavy (non-hydrogen) atoms. The molecule has 0 spiro atoms. The normalized spacial score (nSPS) is 11.9. The van der Waals surface area contributed by atoms with Gasteiger partial charge >= 0.3 is 0 Å². The number of hydrogen-bond donors (Lipinski definition) is 2. The molecule has 1 amide bonds. The van der Waals surface area contributed by atoms with Crippen LogP contribution in [-0.2, 0) is 15.4 Å². The number of carbonyl (C=O) groups excluding carboxylic acids is 1. The smallest absolute Gasteiger partial charge is 0.261 e. The second kappa shape index (κ2) is 8.08. The number of amides is 1. The Labute approximate surface area is 178 Å². The molecular weight excluding hydrogens is 433 g/mol. The number of nitrogens with zero attached hydrogens (tertiary/aromatic N) is 1. The van der Waals surface area contributed by atoms with Gasteiger partial charge in [-0.15, -0.1) is 0 Å². The predicted octanol–water partition coefficient (Wildman–Crippen LogP) is 4.82. The molecule has 0 bridgehead atoms. The van der Waals surface area contributed by atoms with Gasteiger partial charge in [0, 0.05) is 17.0 Å². The first kappa shape index (κ1) is 21.8. The highest BCUT2D eigenvalue weighted by molar-refractivity contribution is 7.92. The molecule has 0 aliphatic rings. The Kier molecular flexibility index (Phi) is 5.87. The zero-order valence-electron chi connectivity index (χ0n) is 16.4. The number of nitrogens with one attached hydrogen (secondary N) is 2. The molecule has 0 atom stereocenters. The van der Waals surface area contributed by atoms with Crippen LogP contribution in [0.15, 0.2) is 57.9 Å². The third-order valence-electron chi connectivity index (χ3n) is 4.09. The number of anilines is 2. The molecule has 7 nitrogen and oxygen atoms in total. The number of sulfonamides is 1. The van der Waals surface area contributed by atoms with Crippen molar-refractivity contribution in [3.63, 3.8) is 0 Å². The van der Waals surface area contributed by atoms with E-state index in [0.29, 0.717) is 5.76 Å². The van der Waals surface area contributed by atoms with Crippen molar-refractivity contribution in [3.8, 4) is 0 Å². The largest absolute Gasteiger partial charge is 0.359 e. The first-order valence-corrected chi connectivity index (χ1v) is 10.7. The van der Waals surface area contributed by atoms with Crippen LogP contribution in [0.3, 0.4) is 0 Å². The molecule has 0 radical (unpaired) electrons. The van der Waals surface area contributed by atoms with Gasteiger partial charge in [-0.1, -0.05) is 37.5 Å². The van der Waals surface area contributed by atoms with Gasteiger partial charge < -0.3 is 9.84 Å². The molecule has 0 fully saturated rings. The lowest BCUT2D eigenvalue weighted by atomic mass is 9.93. The van der Waals surface area contributed by atoms with E-state index in [2.05, 4.69) is 15.2 Å². The van der Waals surface area contributed by atoms with Crippen molar-refractivity contribution in [2.75, 3.05) is 10.0 Å². The van der Waals surface area contributed by atoms with E-state index < -0.39 is 21.7 Å². The molecule has 0 unspecified atom stereocenters. The molecule has 3 aromatic rings. The Hall–Kier alpha value is -2.91. The third-order valence-corrected chi connectivity index (χ3v) is 5.80. The molecule has 10 heteroatoms. The highest BCUT2D eigenvalue weighted by Gasteiger charge is 2.21. The summed E-state index contributed by atoms with van der Waals surface area (Å²) in [6, 6.07) is 10.1. The summed E-state index contributed by atoms with van der Waals surface area (Å²) >= 11 is 6.09. The van der Waals surface area contributed by atoms with Crippen LogP contribution in [0.25, 0.3) is 0 Å². The van der Waals surface area contributed by atoms with Gasteiger partial charge in [0.25, 0.3) is 15.9 Å². The third kappa shape index (κ3) is 4.98. The number of carbonyl (C=O) groups is 1. The van der Waals surface area contributed by atoms with Crippen LogP contribution < -0.4 is 10.0 Å². The highest BCUT2D eigenvalue weighted by Crippen LogP contribution is 2.27. The van der Waals surface area contributed by atoms with Crippen molar-refractivity contribution in [1.29, 1.82) is 0 Å². The topological polar surface area (TPSA) is 101 Å². The summed E-state index contributed by atoms with van der Waals surface area (Å²) in [5.74, 6) is -0.259. The molecular formula is C20H19ClFN3O4S. The number of aromatic nitrogens is 1. The SMILES string of the molecule is CC(C)(C)c1cc(NC(=O)c2ccc(Cl)c(NS(=O)(=O)c3ccc(F)cc3)c2)no1. The zero-order chi connectivity index (χ0) is 22.1. The van der Waals surface area contributed by atoms with Crippen LogP contribution in [0, 0.1) is 5.82 Å². The molecule has 1 heterocycles. The molecule has 2 N–H and O–H groups in total.